The minimum absolute atomic E-state index is 0.231. The molecule has 0 saturated carbocycles. The van der Waals surface area contributed by atoms with Crippen molar-refractivity contribution in [3.8, 4) is 0 Å². The number of allylic oxidation sites excluding steroid dienone is 16. The smallest absolute Gasteiger partial charge is 0.220 e. The maximum atomic E-state index is 13.5. The Morgan fingerprint density at radius 1 is 0.366 bits per heavy atom. The molecule has 3 saturated heterocycles. The quantitative estimate of drug-likeness (QED) is 0.0199. The predicted molar refractivity (Wildman–Crippen MR) is 401 cm³/mol. The molecule has 584 valence electrons. The SMILES string of the molecule is CC/C=C\C/C=C\C/C=C\C/C=C\C/C=C\C/C=C\C/C=C\C/C=C\CCCCCCC(=O)NC(COC1OC(CO)C(OC2OC(CO)C(OC3OC(CO)C(O)C(O)C3O)C(O)C2O)C(O)C1O)C(O)CCCCCCCCCCCCCCCCCCCCCCCCCCCCC. The van der Waals surface area contributed by atoms with Crippen molar-refractivity contribution < 1.29 is 89.4 Å². The Balaban J connectivity index is 1.40. The Bertz CT molecular complexity index is 2200. The van der Waals surface area contributed by atoms with Crippen LogP contribution in [0.15, 0.2) is 97.2 Å². The van der Waals surface area contributed by atoms with Gasteiger partial charge in [0.05, 0.1) is 38.6 Å². The maximum absolute atomic E-state index is 13.5. The van der Waals surface area contributed by atoms with E-state index in [-0.39, 0.29) is 18.9 Å². The van der Waals surface area contributed by atoms with Gasteiger partial charge in [-0.05, 0) is 77.0 Å². The third-order valence-electron chi connectivity index (χ3n) is 19.4. The lowest BCUT2D eigenvalue weighted by atomic mass is 9.96. The fraction of sp³-hybridized carbons (Fsp3) is 0.793. The van der Waals surface area contributed by atoms with Crippen LogP contribution in [0, 0.1) is 0 Å². The largest absolute Gasteiger partial charge is 0.394 e. The summed E-state index contributed by atoms with van der Waals surface area (Å²) in [5, 5.41) is 121. The van der Waals surface area contributed by atoms with Crippen LogP contribution in [0.4, 0.5) is 0 Å². The molecule has 17 unspecified atom stereocenters. The lowest BCUT2D eigenvalue weighted by Crippen LogP contribution is -2.66. The standard InChI is InChI=1S/C82H143NO18/c1-3-5-7-9-11-13-15-17-19-21-23-25-27-29-31-32-34-36-38-40-42-44-46-48-50-52-54-56-58-60-70(88)83-65(66(87)59-57-55-53-51-49-47-45-43-41-39-37-35-33-30-28-26-24-22-20-18-16-14-12-10-8-6-4-2)64-96-80-76(94)73(91)78(68(62-85)98-80)101-82-77(95)74(92)79(69(63-86)99-82)100-81-75(93)72(90)71(89)67(61-84)97-81/h5,7,11,13,17,19,23,25,29,31,34,36,40,42,46,48,65-69,71-82,84-87,89-95H,3-4,6,8-10,12,14-16,18,20-22,24,26-28,30,32-33,35,37-39,41,43-45,47,49-64H2,1-2H3,(H,83,88)/b7-5-,13-11-,19-17-,25-23-,31-29-,36-34-,42-40-,48-46-. The minimum Gasteiger partial charge on any atom is -0.394 e. The molecule has 19 nitrogen and oxygen atoms in total. The third kappa shape index (κ3) is 42.0. The average molecular weight is 1430 g/mol. The molecule has 0 aromatic heterocycles. The van der Waals surface area contributed by atoms with Gasteiger partial charge in [-0.3, -0.25) is 4.79 Å². The summed E-state index contributed by atoms with van der Waals surface area (Å²) in [5.74, 6) is -0.268. The molecule has 0 bridgehead atoms. The van der Waals surface area contributed by atoms with Gasteiger partial charge in [0.1, 0.15) is 73.2 Å². The summed E-state index contributed by atoms with van der Waals surface area (Å²) in [4.78, 5) is 13.5. The fourth-order valence-corrected chi connectivity index (χ4v) is 13.0. The number of ether oxygens (including phenoxy) is 6. The summed E-state index contributed by atoms with van der Waals surface area (Å²) in [7, 11) is 0. The zero-order chi connectivity index (χ0) is 73.2. The van der Waals surface area contributed by atoms with Gasteiger partial charge >= 0.3 is 0 Å². The van der Waals surface area contributed by atoms with E-state index >= 15 is 0 Å². The van der Waals surface area contributed by atoms with E-state index in [1.165, 1.54) is 148 Å². The average Bonchev–Trinajstić information content (AvgIpc) is 0.796. The van der Waals surface area contributed by atoms with E-state index in [0.29, 0.717) is 12.8 Å². The Hall–Kier alpha value is -3.29. The first-order chi connectivity index (χ1) is 49.3. The van der Waals surface area contributed by atoms with Gasteiger partial charge in [0, 0.05) is 6.42 Å². The van der Waals surface area contributed by atoms with E-state index in [2.05, 4.69) is 116 Å². The number of rotatable bonds is 62. The normalized spacial score (nSPS) is 26.8. The van der Waals surface area contributed by atoms with Gasteiger partial charge in [0.25, 0.3) is 0 Å². The molecule has 0 aliphatic carbocycles. The van der Waals surface area contributed by atoms with Crippen LogP contribution < -0.4 is 5.32 Å². The maximum Gasteiger partial charge on any atom is 0.220 e. The Morgan fingerprint density at radius 3 is 1.07 bits per heavy atom. The van der Waals surface area contributed by atoms with Crippen molar-refractivity contribution in [2.24, 2.45) is 0 Å². The van der Waals surface area contributed by atoms with Crippen LogP contribution in [0.5, 0.6) is 0 Å². The van der Waals surface area contributed by atoms with Crippen LogP contribution in [0.25, 0.3) is 0 Å². The van der Waals surface area contributed by atoms with E-state index in [1.54, 1.807) is 0 Å². The van der Waals surface area contributed by atoms with Crippen molar-refractivity contribution in [2.75, 3.05) is 26.4 Å². The number of amides is 1. The van der Waals surface area contributed by atoms with Crippen molar-refractivity contribution in [1.82, 2.24) is 5.32 Å². The van der Waals surface area contributed by atoms with Crippen molar-refractivity contribution in [3.63, 3.8) is 0 Å². The van der Waals surface area contributed by atoms with Gasteiger partial charge < -0.3 is 89.9 Å². The molecule has 0 aromatic carbocycles. The zero-order valence-electron chi connectivity index (χ0n) is 62.4. The van der Waals surface area contributed by atoms with E-state index in [0.717, 1.165) is 103 Å². The number of aliphatic hydroxyl groups is 11. The monoisotopic (exact) mass is 1430 g/mol. The summed E-state index contributed by atoms with van der Waals surface area (Å²) in [6, 6.07) is -0.910. The molecule has 17 atom stereocenters. The molecule has 12 N–H and O–H groups in total. The number of unbranched alkanes of at least 4 members (excludes halogenated alkanes) is 30. The summed E-state index contributed by atoms with van der Waals surface area (Å²) in [5.41, 5.74) is 0. The van der Waals surface area contributed by atoms with Gasteiger partial charge in [-0.2, -0.15) is 0 Å². The predicted octanol–water partition coefficient (Wildman–Crippen LogP) is 13.2. The molecule has 19 heteroatoms. The van der Waals surface area contributed by atoms with Crippen molar-refractivity contribution in [3.05, 3.63) is 97.2 Å². The molecule has 3 aliphatic rings. The minimum atomic E-state index is -1.98. The molecule has 0 radical (unpaired) electrons. The number of nitrogens with one attached hydrogen (secondary N) is 1. The van der Waals surface area contributed by atoms with Gasteiger partial charge in [-0.25, -0.2) is 0 Å². The second-order valence-electron chi connectivity index (χ2n) is 28.2. The number of carbonyl (C=O) groups excluding carboxylic acids is 1. The second kappa shape index (κ2) is 61.8. The van der Waals surface area contributed by atoms with Crippen LogP contribution in [-0.2, 0) is 33.2 Å². The Kier molecular flexibility index (Phi) is 56.3. The zero-order valence-corrected chi connectivity index (χ0v) is 62.4. The van der Waals surface area contributed by atoms with Crippen LogP contribution >= 0.6 is 0 Å². The molecule has 3 fully saturated rings. The number of hydrogen-bond donors (Lipinski definition) is 12. The van der Waals surface area contributed by atoms with Gasteiger partial charge in [0.2, 0.25) is 5.91 Å². The summed E-state index contributed by atoms with van der Waals surface area (Å²) < 4.78 is 34.5. The summed E-state index contributed by atoms with van der Waals surface area (Å²) >= 11 is 0. The van der Waals surface area contributed by atoms with E-state index in [9.17, 15) is 61.0 Å². The lowest BCUT2D eigenvalue weighted by molar-refractivity contribution is -0.379. The molecular formula is C82H143NO18. The molecule has 0 spiro atoms. The van der Waals surface area contributed by atoms with Gasteiger partial charge in [0.15, 0.2) is 18.9 Å². The fourth-order valence-electron chi connectivity index (χ4n) is 13.0. The van der Waals surface area contributed by atoms with Crippen molar-refractivity contribution >= 4 is 5.91 Å². The molecule has 1 amide bonds. The summed E-state index contributed by atoms with van der Waals surface area (Å²) in [6.07, 6.45) is 56.3. The highest BCUT2D eigenvalue weighted by atomic mass is 16.8. The van der Waals surface area contributed by atoms with E-state index in [4.69, 9.17) is 28.4 Å². The molecule has 3 aliphatic heterocycles. The van der Waals surface area contributed by atoms with Crippen LogP contribution in [0.3, 0.4) is 0 Å². The van der Waals surface area contributed by atoms with Crippen molar-refractivity contribution in [1.29, 1.82) is 0 Å². The first-order valence-corrected chi connectivity index (χ1v) is 40.0. The van der Waals surface area contributed by atoms with E-state index < -0.39 is 124 Å². The van der Waals surface area contributed by atoms with E-state index in [1.807, 2.05) is 0 Å². The topological polar surface area (TPSA) is 307 Å². The Labute approximate surface area is 609 Å². The third-order valence-corrected chi connectivity index (χ3v) is 19.4. The molecular weight excluding hydrogens is 1290 g/mol. The van der Waals surface area contributed by atoms with Crippen LogP contribution in [0.1, 0.15) is 284 Å². The molecule has 101 heavy (non-hydrogen) atoms. The highest BCUT2D eigenvalue weighted by Crippen LogP contribution is 2.33. The van der Waals surface area contributed by atoms with Crippen LogP contribution in [0.2, 0.25) is 0 Å². The lowest BCUT2D eigenvalue weighted by Gasteiger charge is -2.48. The molecule has 3 rings (SSSR count). The first kappa shape index (κ1) is 91.9. The number of carbonyl (C=O) groups is 1. The summed E-state index contributed by atoms with van der Waals surface area (Å²) in [6.45, 7) is 1.69. The van der Waals surface area contributed by atoms with Gasteiger partial charge in [-0.1, -0.05) is 297 Å². The molecule has 3 heterocycles. The second-order valence-corrected chi connectivity index (χ2v) is 28.2. The highest BCUT2D eigenvalue weighted by molar-refractivity contribution is 5.76. The van der Waals surface area contributed by atoms with Crippen LogP contribution in [-0.4, -0.2) is 193 Å². The first-order valence-electron chi connectivity index (χ1n) is 40.0. The highest BCUT2D eigenvalue weighted by Gasteiger charge is 2.54. The molecule has 0 aromatic rings. The van der Waals surface area contributed by atoms with Crippen molar-refractivity contribution in [2.45, 2.75) is 388 Å². The number of hydrogen-bond acceptors (Lipinski definition) is 18. The number of aliphatic hydroxyl groups excluding tert-OH is 11. The Morgan fingerprint density at radius 2 is 0.683 bits per heavy atom. The van der Waals surface area contributed by atoms with Gasteiger partial charge in [-0.15, -0.1) is 0 Å².